The van der Waals surface area contributed by atoms with E-state index in [4.69, 9.17) is 5.73 Å². The molecule has 3 atom stereocenters. The third-order valence-electron chi connectivity index (χ3n) is 5.95. The van der Waals surface area contributed by atoms with Gasteiger partial charge in [-0.15, -0.1) is 0 Å². The minimum atomic E-state index is -0.0354. The molecule has 1 heterocycles. The number of hydrogen-bond donors (Lipinski definition) is 1. The molecule has 1 fully saturated rings. The first-order valence-corrected chi connectivity index (χ1v) is 8.08. The Labute approximate surface area is 127 Å². The van der Waals surface area contributed by atoms with Gasteiger partial charge in [-0.3, -0.25) is 4.79 Å². The second-order valence-electron chi connectivity index (χ2n) is 7.27. The SMILES string of the molecule is CC1C(N)CCC(C(=O)N2CCc3ccccc32)C1(C)C. The zero-order chi connectivity index (χ0) is 15.2. The lowest BCUT2D eigenvalue weighted by Crippen LogP contribution is -2.52. The molecule has 1 saturated carbocycles. The first kappa shape index (κ1) is 14.6. The molecule has 3 rings (SSSR count). The summed E-state index contributed by atoms with van der Waals surface area (Å²) in [5.74, 6) is 0.750. The fourth-order valence-corrected chi connectivity index (χ4v) is 4.05. The van der Waals surface area contributed by atoms with Gasteiger partial charge < -0.3 is 10.6 Å². The fraction of sp³-hybridized carbons (Fsp3) is 0.611. The number of nitrogens with zero attached hydrogens (tertiary/aromatic N) is 1. The van der Waals surface area contributed by atoms with E-state index < -0.39 is 0 Å². The maximum Gasteiger partial charge on any atom is 0.230 e. The highest BCUT2D eigenvalue weighted by molar-refractivity contribution is 5.97. The second-order valence-corrected chi connectivity index (χ2v) is 7.27. The normalized spacial score (nSPS) is 31.0. The summed E-state index contributed by atoms with van der Waals surface area (Å²) < 4.78 is 0. The molecular formula is C18H26N2O. The van der Waals surface area contributed by atoms with Gasteiger partial charge in [-0.2, -0.15) is 0 Å². The number of carbonyl (C=O) groups is 1. The average Bonchev–Trinajstić information content (AvgIpc) is 2.88. The molecule has 0 spiro atoms. The van der Waals surface area contributed by atoms with Crippen molar-refractivity contribution < 1.29 is 4.79 Å². The second kappa shape index (κ2) is 5.13. The molecule has 2 aliphatic rings. The molecule has 2 N–H and O–H groups in total. The number of amides is 1. The Morgan fingerprint density at radius 3 is 2.76 bits per heavy atom. The monoisotopic (exact) mass is 286 g/mol. The number of rotatable bonds is 1. The third-order valence-corrected chi connectivity index (χ3v) is 5.95. The number of anilines is 1. The Morgan fingerprint density at radius 1 is 1.29 bits per heavy atom. The van der Waals surface area contributed by atoms with Crippen molar-refractivity contribution in [2.45, 2.75) is 46.1 Å². The van der Waals surface area contributed by atoms with Crippen LogP contribution in [0, 0.1) is 17.3 Å². The van der Waals surface area contributed by atoms with Crippen molar-refractivity contribution in [2.24, 2.45) is 23.0 Å². The van der Waals surface area contributed by atoms with E-state index in [-0.39, 0.29) is 17.4 Å². The summed E-state index contributed by atoms with van der Waals surface area (Å²) in [5, 5.41) is 0. The molecular weight excluding hydrogens is 260 g/mol. The topological polar surface area (TPSA) is 46.3 Å². The van der Waals surface area contributed by atoms with Gasteiger partial charge in [0.15, 0.2) is 0 Å². The molecule has 1 aromatic carbocycles. The molecule has 1 aliphatic carbocycles. The quantitative estimate of drug-likeness (QED) is 0.862. The molecule has 3 heteroatoms. The van der Waals surface area contributed by atoms with E-state index in [0.29, 0.717) is 11.8 Å². The summed E-state index contributed by atoms with van der Waals surface area (Å²) in [7, 11) is 0. The van der Waals surface area contributed by atoms with Crippen LogP contribution in [0.15, 0.2) is 24.3 Å². The Hall–Kier alpha value is -1.35. The van der Waals surface area contributed by atoms with Crippen molar-refractivity contribution in [2.75, 3.05) is 11.4 Å². The summed E-state index contributed by atoms with van der Waals surface area (Å²) in [6.07, 6.45) is 2.84. The maximum absolute atomic E-state index is 13.1. The molecule has 0 bridgehead atoms. The van der Waals surface area contributed by atoms with Crippen molar-refractivity contribution in [3.63, 3.8) is 0 Å². The van der Waals surface area contributed by atoms with Gasteiger partial charge in [-0.25, -0.2) is 0 Å². The van der Waals surface area contributed by atoms with Crippen molar-refractivity contribution in [3.05, 3.63) is 29.8 Å². The van der Waals surface area contributed by atoms with Gasteiger partial charge in [0.1, 0.15) is 0 Å². The smallest absolute Gasteiger partial charge is 0.230 e. The van der Waals surface area contributed by atoms with Gasteiger partial charge in [-0.1, -0.05) is 39.0 Å². The van der Waals surface area contributed by atoms with Gasteiger partial charge in [0.2, 0.25) is 5.91 Å². The first-order valence-electron chi connectivity index (χ1n) is 8.08. The summed E-state index contributed by atoms with van der Waals surface area (Å²) >= 11 is 0. The van der Waals surface area contributed by atoms with Crippen LogP contribution in [0.5, 0.6) is 0 Å². The van der Waals surface area contributed by atoms with Crippen LogP contribution in [-0.2, 0) is 11.2 Å². The highest BCUT2D eigenvalue weighted by Gasteiger charge is 2.46. The summed E-state index contributed by atoms with van der Waals surface area (Å²) in [6.45, 7) is 7.44. The van der Waals surface area contributed by atoms with Crippen LogP contribution in [0.3, 0.4) is 0 Å². The average molecular weight is 286 g/mol. The minimum Gasteiger partial charge on any atom is -0.327 e. The van der Waals surface area contributed by atoms with E-state index in [2.05, 4.69) is 39.0 Å². The Bertz CT molecular complexity index is 552. The largest absolute Gasteiger partial charge is 0.327 e. The molecule has 0 radical (unpaired) electrons. The van der Waals surface area contributed by atoms with Gasteiger partial charge in [0.25, 0.3) is 0 Å². The predicted molar refractivity (Wildman–Crippen MR) is 86.1 cm³/mol. The van der Waals surface area contributed by atoms with E-state index in [1.807, 2.05) is 11.0 Å². The molecule has 21 heavy (non-hydrogen) atoms. The number of benzene rings is 1. The lowest BCUT2D eigenvalue weighted by atomic mass is 9.60. The van der Waals surface area contributed by atoms with Crippen molar-refractivity contribution in [1.29, 1.82) is 0 Å². The number of para-hydroxylation sites is 1. The molecule has 3 unspecified atom stereocenters. The fourth-order valence-electron chi connectivity index (χ4n) is 4.05. The van der Waals surface area contributed by atoms with Crippen LogP contribution in [-0.4, -0.2) is 18.5 Å². The standard InChI is InChI=1S/C18H26N2O/c1-12-15(19)9-8-14(18(12,2)3)17(21)20-11-10-13-6-4-5-7-16(13)20/h4-7,12,14-15H,8-11,19H2,1-3H3. The highest BCUT2D eigenvalue weighted by Crippen LogP contribution is 2.46. The van der Waals surface area contributed by atoms with Crippen LogP contribution >= 0.6 is 0 Å². The molecule has 1 aliphatic heterocycles. The highest BCUT2D eigenvalue weighted by atomic mass is 16.2. The van der Waals surface area contributed by atoms with Crippen LogP contribution in [0.2, 0.25) is 0 Å². The van der Waals surface area contributed by atoms with Crippen molar-refractivity contribution >= 4 is 11.6 Å². The summed E-state index contributed by atoms with van der Waals surface area (Å²) in [5.41, 5.74) is 8.59. The van der Waals surface area contributed by atoms with E-state index >= 15 is 0 Å². The lowest BCUT2D eigenvalue weighted by molar-refractivity contribution is -0.129. The molecule has 0 saturated heterocycles. The Morgan fingerprint density at radius 2 is 2.00 bits per heavy atom. The molecule has 3 nitrogen and oxygen atoms in total. The van der Waals surface area contributed by atoms with Gasteiger partial charge >= 0.3 is 0 Å². The molecule has 114 valence electrons. The van der Waals surface area contributed by atoms with Gasteiger partial charge in [-0.05, 0) is 42.2 Å². The number of fused-ring (bicyclic) bond motifs is 1. The van der Waals surface area contributed by atoms with E-state index in [9.17, 15) is 4.79 Å². The Kier molecular flexibility index (Phi) is 3.56. The molecule has 0 aromatic heterocycles. The number of hydrogen-bond acceptors (Lipinski definition) is 2. The van der Waals surface area contributed by atoms with E-state index in [0.717, 1.165) is 31.5 Å². The van der Waals surface area contributed by atoms with Crippen molar-refractivity contribution in [3.8, 4) is 0 Å². The van der Waals surface area contributed by atoms with Crippen LogP contribution in [0.4, 0.5) is 5.69 Å². The zero-order valence-corrected chi connectivity index (χ0v) is 13.3. The summed E-state index contributed by atoms with van der Waals surface area (Å²) in [4.78, 5) is 15.1. The van der Waals surface area contributed by atoms with Crippen LogP contribution in [0.1, 0.15) is 39.2 Å². The number of carbonyl (C=O) groups excluding carboxylic acids is 1. The first-order chi connectivity index (χ1) is 9.93. The van der Waals surface area contributed by atoms with Crippen molar-refractivity contribution in [1.82, 2.24) is 0 Å². The number of nitrogens with two attached hydrogens (primary N) is 1. The Balaban J connectivity index is 1.86. The molecule has 1 amide bonds. The van der Waals surface area contributed by atoms with Gasteiger partial charge in [0, 0.05) is 24.2 Å². The van der Waals surface area contributed by atoms with Crippen LogP contribution in [0.25, 0.3) is 0 Å². The lowest BCUT2D eigenvalue weighted by Gasteiger charge is -2.47. The third kappa shape index (κ3) is 2.28. The zero-order valence-electron chi connectivity index (χ0n) is 13.3. The maximum atomic E-state index is 13.1. The predicted octanol–water partition coefficient (Wildman–Crippen LogP) is 2.98. The van der Waals surface area contributed by atoms with Crippen LogP contribution < -0.4 is 10.6 Å². The molecule has 1 aromatic rings. The van der Waals surface area contributed by atoms with E-state index in [1.165, 1.54) is 5.56 Å². The van der Waals surface area contributed by atoms with E-state index in [1.54, 1.807) is 0 Å². The van der Waals surface area contributed by atoms with Gasteiger partial charge in [0.05, 0.1) is 0 Å². The minimum absolute atomic E-state index is 0.0354. The summed E-state index contributed by atoms with van der Waals surface area (Å²) in [6, 6.07) is 8.50.